The molecule has 2 aromatic rings. The van der Waals surface area contributed by atoms with Crippen LogP contribution in [0, 0.1) is 5.92 Å². The van der Waals surface area contributed by atoms with E-state index >= 15 is 0 Å². The molecule has 198 valence electrons. The number of rotatable bonds is 6. The molecule has 6 rings (SSSR count). The topological polar surface area (TPSA) is 68.2 Å². The van der Waals surface area contributed by atoms with Crippen LogP contribution in [0.5, 0.6) is 11.5 Å². The highest BCUT2D eigenvalue weighted by Gasteiger charge is 2.41. The van der Waals surface area contributed by atoms with Gasteiger partial charge in [-0.15, -0.1) is 0 Å². The SMILES string of the molecule is CC1(CC(=O)O)COc2cc(O[C@@H]3CCc4c3ccc(C(F)(F)F)c4CN3CC4COC(C4)C3)ccc21. The summed E-state index contributed by atoms with van der Waals surface area (Å²) >= 11 is 0. The van der Waals surface area contributed by atoms with Crippen LogP contribution in [0.2, 0.25) is 0 Å². The molecule has 0 saturated carbocycles. The summed E-state index contributed by atoms with van der Waals surface area (Å²) in [5.41, 5.74) is 1.56. The molecule has 0 amide bonds. The number of hydrogen-bond acceptors (Lipinski definition) is 5. The van der Waals surface area contributed by atoms with Crippen LogP contribution in [-0.2, 0) is 34.1 Å². The Bertz CT molecular complexity index is 1220. The first-order valence-electron chi connectivity index (χ1n) is 12.8. The van der Waals surface area contributed by atoms with Gasteiger partial charge in [0.05, 0.1) is 31.3 Å². The Morgan fingerprint density at radius 2 is 2.08 bits per heavy atom. The fourth-order valence-electron chi connectivity index (χ4n) is 6.58. The maximum Gasteiger partial charge on any atom is 0.416 e. The van der Waals surface area contributed by atoms with Gasteiger partial charge >= 0.3 is 12.1 Å². The van der Waals surface area contributed by atoms with Crippen molar-refractivity contribution in [1.29, 1.82) is 0 Å². The molecule has 2 fully saturated rings. The number of carboxylic acids is 1. The van der Waals surface area contributed by atoms with Crippen molar-refractivity contribution in [3.05, 3.63) is 58.1 Å². The molecule has 0 aromatic heterocycles. The monoisotopic (exact) mass is 517 g/mol. The Morgan fingerprint density at radius 1 is 1.24 bits per heavy atom. The lowest BCUT2D eigenvalue weighted by atomic mass is 9.81. The minimum absolute atomic E-state index is 0.0366. The van der Waals surface area contributed by atoms with Crippen LogP contribution in [-0.4, -0.2) is 48.4 Å². The Kier molecular flexibility index (Phi) is 5.91. The van der Waals surface area contributed by atoms with E-state index in [1.54, 1.807) is 18.2 Å². The van der Waals surface area contributed by atoms with E-state index in [-0.39, 0.29) is 31.8 Å². The van der Waals surface area contributed by atoms with Crippen molar-refractivity contribution < 1.29 is 37.3 Å². The number of nitrogens with zero attached hydrogens (tertiary/aromatic N) is 1. The lowest BCUT2D eigenvalue weighted by Gasteiger charge is -2.31. The maximum atomic E-state index is 14.0. The first kappa shape index (κ1) is 24.6. The predicted octanol–water partition coefficient (Wildman–Crippen LogP) is 5.12. The average Bonchev–Trinajstić information content (AvgIpc) is 3.48. The number of piperidine rings is 1. The maximum absolute atomic E-state index is 14.0. The number of halogens is 3. The molecule has 3 heterocycles. The zero-order valence-electron chi connectivity index (χ0n) is 20.6. The molecule has 4 atom stereocenters. The molecular formula is C28H30F3NO5. The quantitative estimate of drug-likeness (QED) is 0.574. The van der Waals surface area contributed by atoms with Crippen LogP contribution in [0.4, 0.5) is 13.2 Å². The summed E-state index contributed by atoms with van der Waals surface area (Å²) in [6.45, 7) is 4.50. The summed E-state index contributed by atoms with van der Waals surface area (Å²) in [7, 11) is 0. The molecule has 0 spiro atoms. The number of likely N-dealkylation sites (tertiary alicyclic amines) is 1. The number of carboxylic acid groups (broad SMARTS) is 1. The van der Waals surface area contributed by atoms with Crippen LogP contribution >= 0.6 is 0 Å². The third kappa shape index (κ3) is 4.56. The highest BCUT2D eigenvalue weighted by Crippen LogP contribution is 2.46. The molecule has 1 aliphatic carbocycles. The lowest BCUT2D eigenvalue weighted by molar-refractivity contribution is -0.139. The fourth-order valence-corrected chi connectivity index (χ4v) is 6.58. The van der Waals surface area contributed by atoms with Gasteiger partial charge in [-0.1, -0.05) is 19.1 Å². The van der Waals surface area contributed by atoms with Crippen LogP contribution < -0.4 is 9.47 Å². The third-order valence-electron chi connectivity index (χ3n) is 8.27. The molecule has 6 nitrogen and oxygen atoms in total. The normalized spacial score (nSPS) is 28.6. The summed E-state index contributed by atoms with van der Waals surface area (Å²) in [6.07, 6.45) is -2.60. The smallest absolute Gasteiger partial charge is 0.416 e. The van der Waals surface area contributed by atoms with Crippen molar-refractivity contribution in [1.82, 2.24) is 4.90 Å². The number of ether oxygens (including phenoxy) is 3. The number of hydrogen-bond donors (Lipinski definition) is 1. The second kappa shape index (κ2) is 8.91. The van der Waals surface area contributed by atoms with Gasteiger partial charge in [0, 0.05) is 36.7 Å². The third-order valence-corrected chi connectivity index (χ3v) is 8.27. The van der Waals surface area contributed by atoms with Crippen LogP contribution in [0.3, 0.4) is 0 Å². The molecule has 4 aliphatic rings. The largest absolute Gasteiger partial charge is 0.492 e. The lowest BCUT2D eigenvalue weighted by Crippen LogP contribution is -2.39. The van der Waals surface area contributed by atoms with Crippen LogP contribution in [0.15, 0.2) is 30.3 Å². The van der Waals surface area contributed by atoms with Crippen molar-refractivity contribution >= 4 is 5.97 Å². The molecule has 2 saturated heterocycles. The molecule has 2 bridgehead atoms. The summed E-state index contributed by atoms with van der Waals surface area (Å²) in [6, 6.07) is 8.15. The fraction of sp³-hybridized carbons (Fsp3) is 0.536. The van der Waals surface area contributed by atoms with Gasteiger partial charge in [-0.2, -0.15) is 13.2 Å². The molecular weight excluding hydrogens is 487 g/mol. The van der Waals surface area contributed by atoms with Gasteiger partial charge in [0.1, 0.15) is 17.6 Å². The van der Waals surface area contributed by atoms with E-state index in [9.17, 15) is 23.1 Å². The van der Waals surface area contributed by atoms with Gasteiger partial charge in [0.15, 0.2) is 0 Å². The Balaban J connectivity index is 1.26. The predicted molar refractivity (Wildman–Crippen MR) is 128 cm³/mol. The summed E-state index contributed by atoms with van der Waals surface area (Å²) in [5.74, 6) is 0.651. The Hall–Kier alpha value is -2.78. The molecule has 37 heavy (non-hydrogen) atoms. The second-order valence-corrected chi connectivity index (χ2v) is 11.1. The van der Waals surface area contributed by atoms with Crippen molar-refractivity contribution in [2.75, 3.05) is 26.3 Å². The average molecular weight is 518 g/mol. The van der Waals surface area contributed by atoms with Crippen molar-refractivity contribution in [3.8, 4) is 11.5 Å². The van der Waals surface area contributed by atoms with E-state index in [1.165, 1.54) is 6.07 Å². The minimum Gasteiger partial charge on any atom is -0.492 e. The highest BCUT2D eigenvalue weighted by molar-refractivity contribution is 5.70. The second-order valence-electron chi connectivity index (χ2n) is 11.1. The first-order chi connectivity index (χ1) is 17.6. The molecule has 2 aromatic carbocycles. The summed E-state index contributed by atoms with van der Waals surface area (Å²) < 4.78 is 59.9. The summed E-state index contributed by atoms with van der Waals surface area (Å²) in [4.78, 5) is 13.4. The van der Waals surface area contributed by atoms with Gasteiger partial charge in [-0.25, -0.2) is 0 Å². The van der Waals surface area contributed by atoms with E-state index < -0.39 is 23.1 Å². The van der Waals surface area contributed by atoms with E-state index in [4.69, 9.17) is 14.2 Å². The van der Waals surface area contributed by atoms with Gasteiger partial charge in [0.2, 0.25) is 0 Å². The van der Waals surface area contributed by atoms with Gasteiger partial charge in [-0.3, -0.25) is 9.69 Å². The standard InChI is InChI=1S/C28H30F3NO5/c1-27(10-26(33)34)15-36-25-9-17(2-5-23(25)27)37-24-7-4-19-20(24)3-6-22(28(29,30)31)21(19)13-32-11-16-8-18(12-32)35-14-16/h2-3,5-6,9,16,18,24H,4,7-8,10-15H2,1H3,(H,33,34)/t16?,18?,24-,27?/m1/s1. The number of carbonyl (C=O) groups is 1. The summed E-state index contributed by atoms with van der Waals surface area (Å²) in [5, 5.41) is 9.27. The zero-order valence-corrected chi connectivity index (χ0v) is 20.6. The van der Waals surface area contributed by atoms with E-state index in [0.29, 0.717) is 49.0 Å². The highest BCUT2D eigenvalue weighted by atomic mass is 19.4. The van der Waals surface area contributed by atoms with Crippen LogP contribution in [0.1, 0.15) is 60.1 Å². The molecule has 9 heteroatoms. The number of benzene rings is 2. The Labute approximate surface area is 213 Å². The molecule has 1 N–H and O–H groups in total. The minimum atomic E-state index is -4.42. The van der Waals surface area contributed by atoms with Gasteiger partial charge in [0.25, 0.3) is 0 Å². The number of fused-ring (bicyclic) bond motifs is 4. The van der Waals surface area contributed by atoms with Crippen molar-refractivity contribution in [2.24, 2.45) is 5.92 Å². The van der Waals surface area contributed by atoms with Gasteiger partial charge in [-0.05, 0) is 54.0 Å². The Morgan fingerprint density at radius 3 is 2.84 bits per heavy atom. The van der Waals surface area contributed by atoms with Crippen molar-refractivity contribution in [2.45, 2.75) is 63.0 Å². The van der Waals surface area contributed by atoms with Crippen LogP contribution in [0.25, 0.3) is 0 Å². The van der Waals surface area contributed by atoms with E-state index in [0.717, 1.165) is 29.7 Å². The molecule has 0 radical (unpaired) electrons. The van der Waals surface area contributed by atoms with E-state index in [2.05, 4.69) is 4.90 Å². The number of aliphatic carboxylic acids is 1. The molecule has 3 unspecified atom stereocenters. The zero-order chi connectivity index (χ0) is 25.9. The molecule has 3 aliphatic heterocycles. The first-order valence-corrected chi connectivity index (χ1v) is 12.8. The van der Waals surface area contributed by atoms with Gasteiger partial charge < -0.3 is 19.3 Å². The van der Waals surface area contributed by atoms with Crippen molar-refractivity contribution in [3.63, 3.8) is 0 Å². The van der Waals surface area contributed by atoms with E-state index in [1.807, 2.05) is 13.0 Å². The number of alkyl halides is 3.